The SMILES string of the molecule is OC1OC1C(c1ccccc1)C1CCCC1. The van der Waals surface area contributed by atoms with E-state index in [0.717, 1.165) is 0 Å². The average Bonchev–Trinajstić information content (AvgIpc) is 2.83. The van der Waals surface area contributed by atoms with Crippen molar-refractivity contribution in [1.82, 2.24) is 0 Å². The number of aliphatic hydroxyl groups excluding tert-OH is 1. The Balaban J connectivity index is 1.84. The van der Waals surface area contributed by atoms with Crippen LogP contribution in [-0.2, 0) is 4.74 Å². The van der Waals surface area contributed by atoms with Gasteiger partial charge in [-0.05, 0) is 24.3 Å². The van der Waals surface area contributed by atoms with Crippen LogP contribution in [0.15, 0.2) is 30.3 Å². The van der Waals surface area contributed by atoms with Gasteiger partial charge in [0, 0.05) is 5.92 Å². The maximum atomic E-state index is 9.50. The van der Waals surface area contributed by atoms with Gasteiger partial charge in [0.1, 0.15) is 6.10 Å². The molecule has 2 fully saturated rings. The molecule has 1 aliphatic heterocycles. The Hall–Kier alpha value is -0.860. The van der Waals surface area contributed by atoms with Crippen molar-refractivity contribution in [2.45, 2.75) is 44.0 Å². The van der Waals surface area contributed by atoms with E-state index in [2.05, 4.69) is 24.3 Å². The molecule has 0 aromatic heterocycles. The molecule has 0 bridgehead atoms. The smallest absolute Gasteiger partial charge is 0.182 e. The Kier molecular flexibility index (Phi) is 2.70. The minimum atomic E-state index is -0.522. The van der Waals surface area contributed by atoms with Crippen molar-refractivity contribution in [1.29, 1.82) is 0 Å². The summed E-state index contributed by atoms with van der Waals surface area (Å²) in [7, 11) is 0. The minimum absolute atomic E-state index is 0.0468. The highest BCUT2D eigenvalue weighted by atomic mass is 16.7. The van der Waals surface area contributed by atoms with E-state index in [0.29, 0.717) is 11.8 Å². The molecule has 2 heteroatoms. The molecule has 0 amide bonds. The molecule has 1 aromatic carbocycles. The standard InChI is InChI=1S/C14H18O2/c15-14-13(16-14)12(11-8-4-5-9-11)10-6-2-1-3-7-10/h1-3,6-7,11-15H,4-5,8-9H2. The van der Waals surface area contributed by atoms with Crippen LogP contribution in [0, 0.1) is 5.92 Å². The van der Waals surface area contributed by atoms with Gasteiger partial charge in [-0.15, -0.1) is 0 Å². The topological polar surface area (TPSA) is 32.8 Å². The van der Waals surface area contributed by atoms with Gasteiger partial charge in [-0.3, -0.25) is 0 Å². The number of epoxide rings is 1. The summed E-state index contributed by atoms with van der Waals surface area (Å²) in [5.41, 5.74) is 1.33. The Morgan fingerprint density at radius 1 is 1.12 bits per heavy atom. The van der Waals surface area contributed by atoms with Crippen LogP contribution < -0.4 is 0 Å². The van der Waals surface area contributed by atoms with Crippen molar-refractivity contribution in [2.24, 2.45) is 5.92 Å². The Bertz CT molecular complexity index is 343. The Morgan fingerprint density at radius 2 is 1.75 bits per heavy atom. The van der Waals surface area contributed by atoms with Crippen LogP contribution in [0.4, 0.5) is 0 Å². The van der Waals surface area contributed by atoms with E-state index >= 15 is 0 Å². The summed E-state index contributed by atoms with van der Waals surface area (Å²) in [5.74, 6) is 1.10. The largest absolute Gasteiger partial charge is 0.366 e. The molecule has 3 unspecified atom stereocenters. The van der Waals surface area contributed by atoms with Crippen molar-refractivity contribution in [3.63, 3.8) is 0 Å². The van der Waals surface area contributed by atoms with E-state index in [1.54, 1.807) is 0 Å². The molecule has 2 aliphatic rings. The second kappa shape index (κ2) is 4.19. The fourth-order valence-electron chi connectivity index (χ4n) is 3.10. The van der Waals surface area contributed by atoms with Crippen LogP contribution in [0.5, 0.6) is 0 Å². The van der Waals surface area contributed by atoms with E-state index in [1.807, 2.05) is 6.07 Å². The van der Waals surface area contributed by atoms with E-state index in [1.165, 1.54) is 31.2 Å². The van der Waals surface area contributed by atoms with Gasteiger partial charge in [-0.1, -0.05) is 43.2 Å². The van der Waals surface area contributed by atoms with E-state index in [9.17, 15) is 5.11 Å². The summed E-state index contributed by atoms with van der Waals surface area (Å²) in [6.07, 6.45) is 4.75. The summed E-state index contributed by atoms with van der Waals surface area (Å²) < 4.78 is 5.30. The first-order valence-electron chi connectivity index (χ1n) is 6.25. The lowest BCUT2D eigenvalue weighted by atomic mass is 9.82. The zero-order valence-electron chi connectivity index (χ0n) is 9.38. The predicted octanol–water partition coefficient (Wildman–Crippen LogP) is 2.68. The number of ether oxygens (including phenoxy) is 1. The number of hydrogen-bond acceptors (Lipinski definition) is 2. The van der Waals surface area contributed by atoms with Crippen molar-refractivity contribution < 1.29 is 9.84 Å². The fourth-order valence-corrected chi connectivity index (χ4v) is 3.10. The molecular formula is C14H18O2. The van der Waals surface area contributed by atoms with Gasteiger partial charge in [0.05, 0.1) is 0 Å². The van der Waals surface area contributed by atoms with Gasteiger partial charge < -0.3 is 9.84 Å². The van der Waals surface area contributed by atoms with Crippen LogP contribution in [0.1, 0.15) is 37.2 Å². The fraction of sp³-hybridized carbons (Fsp3) is 0.571. The third-order valence-corrected chi connectivity index (χ3v) is 3.95. The van der Waals surface area contributed by atoms with Crippen LogP contribution in [0.2, 0.25) is 0 Å². The molecular weight excluding hydrogens is 200 g/mol. The first kappa shape index (κ1) is 10.3. The molecule has 1 aliphatic carbocycles. The van der Waals surface area contributed by atoms with Gasteiger partial charge in [0.25, 0.3) is 0 Å². The highest BCUT2D eigenvalue weighted by Gasteiger charge is 2.47. The molecule has 1 saturated carbocycles. The van der Waals surface area contributed by atoms with E-state index < -0.39 is 6.29 Å². The van der Waals surface area contributed by atoms with Crippen LogP contribution in [-0.4, -0.2) is 17.5 Å². The minimum Gasteiger partial charge on any atom is -0.366 e. The van der Waals surface area contributed by atoms with E-state index in [4.69, 9.17) is 4.74 Å². The number of aliphatic hydroxyl groups is 1. The normalized spacial score (nSPS) is 31.6. The Labute approximate surface area is 96.2 Å². The second-order valence-corrected chi connectivity index (χ2v) is 4.97. The van der Waals surface area contributed by atoms with E-state index in [-0.39, 0.29) is 6.10 Å². The lowest BCUT2D eigenvalue weighted by Gasteiger charge is -2.21. The van der Waals surface area contributed by atoms with Crippen molar-refractivity contribution >= 4 is 0 Å². The van der Waals surface area contributed by atoms with Crippen molar-refractivity contribution in [3.8, 4) is 0 Å². The number of hydrogen-bond donors (Lipinski definition) is 1. The molecule has 3 rings (SSSR count). The lowest BCUT2D eigenvalue weighted by molar-refractivity contribution is 0.155. The summed E-state index contributed by atoms with van der Waals surface area (Å²) in [4.78, 5) is 0. The summed E-state index contributed by atoms with van der Waals surface area (Å²) in [6, 6.07) is 10.5. The van der Waals surface area contributed by atoms with Gasteiger partial charge in [-0.2, -0.15) is 0 Å². The molecule has 0 radical (unpaired) electrons. The lowest BCUT2D eigenvalue weighted by Crippen LogP contribution is -2.17. The van der Waals surface area contributed by atoms with Crippen LogP contribution >= 0.6 is 0 Å². The first-order chi connectivity index (χ1) is 7.86. The molecule has 1 heterocycles. The molecule has 1 aromatic rings. The van der Waals surface area contributed by atoms with Crippen LogP contribution in [0.25, 0.3) is 0 Å². The van der Waals surface area contributed by atoms with Crippen molar-refractivity contribution in [2.75, 3.05) is 0 Å². The van der Waals surface area contributed by atoms with Crippen LogP contribution in [0.3, 0.4) is 0 Å². The third-order valence-electron chi connectivity index (χ3n) is 3.95. The molecule has 3 atom stereocenters. The highest BCUT2D eigenvalue weighted by Crippen LogP contribution is 2.45. The summed E-state index contributed by atoms with van der Waals surface area (Å²) in [5, 5.41) is 9.50. The highest BCUT2D eigenvalue weighted by molar-refractivity contribution is 5.23. The molecule has 1 saturated heterocycles. The third kappa shape index (κ3) is 1.87. The maximum Gasteiger partial charge on any atom is 0.182 e. The quantitative estimate of drug-likeness (QED) is 0.791. The summed E-state index contributed by atoms with van der Waals surface area (Å²) >= 11 is 0. The zero-order chi connectivity index (χ0) is 11.0. The van der Waals surface area contributed by atoms with Gasteiger partial charge in [0.15, 0.2) is 6.29 Å². The average molecular weight is 218 g/mol. The molecule has 0 spiro atoms. The summed E-state index contributed by atoms with van der Waals surface area (Å²) in [6.45, 7) is 0. The zero-order valence-corrected chi connectivity index (χ0v) is 9.38. The predicted molar refractivity (Wildman–Crippen MR) is 62.0 cm³/mol. The Morgan fingerprint density at radius 3 is 2.31 bits per heavy atom. The number of benzene rings is 1. The van der Waals surface area contributed by atoms with Crippen molar-refractivity contribution in [3.05, 3.63) is 35.9 Å². The maximum absolute atomic E-state index is 9.50. The number of rotatable bonds is 3. The molecule has 86 valence electrons. The molecule has 16 heavy (non-hydrogen) atoms. The van der Waals surface area contributed by atoms with Gasteiger partial charge >= 0.3 is 0 Å². The molecule has 2 nitrogen and oxygen atoms in total. The molecule has 1 N–H and O–H groups in total. The van der Waals surface area contributed by atoms with Gasteiger partial charge in [0.2, 0.25) is 0 Å². The monoisotopic (exact) mass is 218 g/mol. The first-order valence-corrected chi connectivity index (χ1v) is 6.25. The van der Waals surface area contributed by atoms with Gasteiger partial charge in [-0.25, -0.2) is 0 Å². The second-order valence-electron chi connectivity index (χ2n) is 4.97.